The molecule has 0 aliphatic carbocycles. The molecule has 0 saturated carbocycles. The van der Waals surface area contributed by atoms with E-state index in [0.717, 1.165) is 15.9 Å². The highest BCUT2D eigenvalue weighted by Crippen LogP contribution is 2.20. The van der Waals surface area contributed by atoms with Crippen molar-refractivity contribution in [3.63, 3.8) is 0 Å². The maximum atomic E-state index is 11.8. The Labute approximate surface area is 102 Å². The van der Waals surface area contributed by atoms with Crippen LogP contribution >= 0.6 is 23.3 Å². The van der Waals surface area contributed by atoms with Crippen molar-refractivity contribution in [1.29, 1.82) is 0 Å². The third kappa shape index (κ3) is 2.51. The molecule has 2 heterocycles. The van der Waals surface area contributed by atoms with Crippen molar-refractivity contribution in [2.75, 3.05) is 5.75 Å². The first-order valence-corrected chi connectivity index (χ1v) is 6.50. The molecule has 0 aliphatic heterocycles. The number of aromatic nitrogens is 3. The molecular weight excluding hydrogens is 242 g/mol. The zero-order valence-corrected chi connectivity index (χ0v) is 10.6. The van der Waals surface area contributed by atoms with Gasteiger partial charge in [-0.05, 0) is 30.6 Å². The Balaban J connectivity index is 1.96. The summed E-state index contributed by atoms with van der Waals surface area (Å²) in [5, 5.41) is 0. The van der Waals surface area contributed by atoms with Crippen LogP contribution in [0, 0.1) is 6.92 Å². The number of Topliss-reactive ketones (excluding diaryl/α,β-unsaturated/α-hetero) is 1. The third-order valence-corrected chi connectivity index (χ3v) is 3.99. The van der Waals surface area contributed by atoms with E-state index in [0.29, 0.717) is 5.75 Å². The van der Waals surface area contributed by atoms with Crippen LogP contribution in [-0.2, 0) is 7.05 Å². The molecule has 4 nitrogen and oxygen atoms in total. The van der Waals surface area contributed by atoms with Crippen molar-refractivity contribution in [3.8, 4) is 0 Å². The quantitative estimate of drug-likeness (QED) is 0.619. The van der Waals surface area contributed by atoms with Crippen molar-refractivity contribution >= 4 is 29.1 Å². The Morgan fingerprint density at radius 1 is 1.62 bits per heavy atom. The number of hydrogen-bond acceptors (Lipinski definition) is 5. The zero-order valence-electron chi connectivity index (χ0n) is 9.01. The second-order valence-corrected chi connectivity index (χ2v) is 5.30. The minimum absolute atomic E-state index is 0.116. The maximum absolute atomic E-state index is 11.8. The molecule has 0 amide bonds. The van der Waals surface area contributed by atoms with Gasteiger partial charge in [-0.2, -0.15) is 4.37 Å². The Morgan fingerprint density at radius 3 is 3.00 bits per heavy atom. The monoisotopic (exact) mass is 253 g/mol. The maximum Gasteiger partial charge on any atom is 0.189 e. The number of carbonyl (C=O) groups excluding carboxylic acids is 1. The number of carbonyl (C=O) groups is 1. The van der Waals surface area contributed by atoms with Gasteiger partial charge in [0.25, 0.3) is 0 Å². The van der Waals surface area contributed by atoms with Crippen molar-refractivity contribution < 1.29 is 4.79 Å². The van der Waals surface area contributed by atoms with Gasteiger partial charge in [0, 0.05) is 13.2 Å². The first kappa shape index (κ1) is 11.3. The van der Waals surface area contributed by atoms with Gasteiger partial charge in [0.1, 0.15) is 5.82 Å². The zero-order chi connectivity index (χ0) is 11.5. The molecule has 0 fully saturated rings. The molecule has 0 aliphatic rings. The second-order valence-electron chi connectivity index (χ2n) is 3.32. The van der Waals surface area contributed by atoms with Crippen LogP contribution in [0.3, 0.4) is 0 Å². The Kier molecular flexibility index (Phi) is 3.40. The van der Waals surface area contributed by atoms with E-state index in [9.17, 15) is 4.79 Å². The molecular formula is C10H11N3OS2. The standard InChI is InChI=1S/C10H11N3OS2/c1-7-11-10(16-12-7)15-6-9(14)8-4-3-5-13(8)2/h3-5H,6H2,1-2H3. The molecule has 0 atom stereocenters. The highest BCUT2D eigenvalue weighted by molar-refractivity contribution is 8.01. The van der Waals surface area contributed by atoms with Gasteiger partial charge in [0.05, 0.1) is 11.4 Å². The number of rotatable bonds is 4. The van der Waals surface area contributed by atoms with E-state index in [-0.39, 0.29) is 5.78 Å². The summed E-state index contributed by atoms with van der Waals surface area (Å²) >= 11 is 2.77. The smallest absolute Gasteiger partial charge is 0.189 e. The fourth-order valence-corrected chi connectivity index (χ4v) is 2.81. The summed E-state index contributed by atoms with van der Waals surface area (Å²) in [6.07, 6.45) is 1.87. The Hall–Kier alpha value is -1.14. The van der Waals surface area contributed by atoms with Crippen LogP contribution in [0.5, 0.6) is 0 Å². The predicted molar refractivity (Wildman–Crippen MR) is 65.1 cm³/mol. The van der Waals surface area contributed by atoms with Gasteiger partial charge in [-0.3, -0.25) is 4.79 Å². The SMILES string of the molecule is Cc1nsc(SCC(=O)c2cccn2C)n1. The van der Waals surface area contributed by atoms with E-state index in [1.54, 1.807) is 0 Å². The highest BCUT2D eigenvalue weighted by atomic mass is 32.2. The Bertz CT molecular complexity index is 504. The lowest BCUT2D eigenvalue weighted by atomic mass is 10.3. The van der Waals surface area contributed by atoms with Gasteiger partial charge < -0.3 is 4.57 Å². The normalized spacial score (nSPS) is 10.6. The number of aryl methyl sites for hydroxylation is 2. The first-order valence-electron chi connectivity index (χ1n) is 4.74. The molecule has 0 N–H and O–H groups in total. The number of thioether (sulfide) groups is 1. The van der Waals surface area contributed by atoms with E-state index < -0.39 is 0 Å². The van der Waals surface area contributed by atoms with Crippen LogP contribution in [0.15, 0.2) is 22.7 Å². The van der Waals surface area contributed by atoms with E-state index in [1.165, 1.54) is 23.3 Å². The van der Waals surface area contributed by atoms with Gasteiger partial charge >= 0.3 is 0 Å². The molecule has 0 aromatic carbocycles. The molecule has 0 saturated heterocycles. The van der Waals surface area contributed by atoms with Gasteiger partial charge in [-0.15, -0.1) is 0 Å². The second kappa shape index (κ2) is 4.80. The summed E-state index contributed by atoms with van der Waals surface area (Å²) < 4.78 is 6.74. The topological polar surface area (TPSA) is 47.8 Å². The average Bonchev–Trinajstić information content (AvgIpc) is 2.84. The fourth-order valence-electron chi connectivity index (χ4n) is 1.29. The number of hydrogen-bond donors (Lipinski definition) is 0. The van der Waals surface area contributed by atoms with Gasteiger partial charge in [0.15, 0.2) is 10.1 Å². The summed E-state index contributed by atoms with van der Waals surface area (Å²) in [6, 6.07) is 3.70. The lowest BCUT2D eigenvalue weighted by Gasteiger charge is -2.00. The van der Waals surface area contributed by atoms with Gasteiger partial charge in [0.2, 0.25) is 0 Å². The minimum atomic E-state index is 0.116. The average molecular weight is 253 g/mol. The lowest BCUT2D eigenvalue weighted by Crippen LogP contribution is -2.07. The summed E-state index contributed by atoms with van der Waals surface area (Å²) in [6.45, 7) is 1.85. The van der Waals surface area contributed by atoms with E-state index >= 15 is 0 Å². The Morgan fingerprint density at radius 2 is 2.44 bits per heavy atom. The molecule has 6 heteroatoms. The van der Waals surface area contributed by atoms with Crippen molar-refractivity contribution in [2.24, 2.45) is 7.05 Å². The molecule has 2 rings (SSSR count). The van der Waals surface area contributed by atoms with Crippen LogP contribution in [-0.4, -0.2) is 25.5 Å². The predicted octanol–water partition coefficient (Wildman–Crippen LogP) is 2.16. The summed E-state index contributed by atoms with van der Waals surface area (Å²) in [4.78, 5) is 16.0. The molecule has 2 aromatic heterocycles. The molecule has 2 aromatic rings. The van der Waals surface area contributed by atoms with Crippen molar-refractivity contribution in [1.82, 2.24) is 13.9 Å². The van der Waals surface area contributed by atoms with Crippen molar-refractivity contribution in [3.05, 3.63) is 29.8 Å². The fraction of sp³-hybridized carbons (Fsp3) is 0.300. The molecule has 0 bridgehead atoms. The van der Waals surface area contributed by atoms with Crippen LogP contribution < -0.4 is 0 Å². The van der Waals surface area contributed by atoms with E-state index in [2.05, 4.69) is 9.36 Å². The van der Waals surface area contributed by atoms with Crippen LogP contribution in [0.4, 0.5) is 0 Å². The first-order chi connectivity index (χ1) is 7.66. The van der Waals surface area contributed by atoms with Crippen LogP contribution in [0.1, 0.15) is 16.3 Å². The van der Waals surface area contributed by atoms with E-state index in [4.69, 9.17) is 0 Å². The molecule has 84 valence electrons. The van der Waals surface area contributed by atoms with E-state index in [1.807, 2.05) is 36.9 Å². The molecule has 0 unspecified atom stereocenters. The minimum Gasteiger partial charge on any atom is -0.348 e. The highest BCUT2D eigenvalue weighted by Gasteiger charge is 2.10. The summed E-state index contributed by atoms with van der Waals surface area (Å²) in [5.41, 5.74) is 0.730. The lowest BCUT2D eigenvalue weighted by molar-refractivity contribution is 0.101. The number of nitrogens with zero attached hydrogens (tertiary/aromatic N) is 3. The van der Waals surface area contributed by atoms with Gasteiger partial charge in [-0.25, -0.2) is 4.98 Å². The van der Waals surface area contributed by atoms with Crippen molar-refractivity contribution in [2.45, 2.75) is 11.3 Å². The van der Waals surface area contributed by atoms with Crippen LogP contribution in [0.2, 0.25) is 0 Å². The molecule has 0 spiro atoms. The van der Waals surface area contributed by atoms with Crippen LogP contribution in [0.25, 0.3) is 0 Å². The largest absolute Gasteiger partial charge is 0.348 e. The summed E-state index contributed by atoms with van der Waals surface area (Å²) in [5.74, 6) is 1.29. The third-order valence-electron chi connectivity index (χ3n) is 2.07. The summed E-state index contributed by atoms with van der Waals surface area (Å²) in [7, 11) is 1.87. The number of ketones is 1. The molecule has 0 radical (unpaired) electrons. The van der Waals surface area contributed by atoms with Gasteiger partial charge in [-0.1, -0.05) is 11.8 Å². The molecule has 16 heavy (non-hydrogen) atoms.